The largest absolute Gasteiger partial charge is 0.418 e. The number of nitrogens with one attached hydrogen (secondary N) is 1. The lowest BCUT2D eigenvalue weighted by molar-refractivity contribution is -0.138. The summed E-state index contributed by atoms with van der Waals surface area (Å²) < 4.78 is 40.5. The Morgan fingerprint density at radius 2 is 2.04 bits per heavy atom. The number of alkyl halides is 3. The monoisotopic (exact) mass is 366 g/mol. The molecule has 1 aromatic rings. The van der Waals surface area contributed by atoms with Gasteiger partial charge in [-0.3, -0.25) is 4.98 Å². The van der Waals surface area contributed by atoms with Gasteiger partial charge in [-0.2, -0.15) is 13.2 Å². The van der Waals surface area contributed by atoms with Crippen LogP contribution < -0.4 is 5.32 Å². The topological polar surface area (TPSA) is 40.3 Å². The number of aliphatic imine (C=N–C) groups is 1. The minimum atomic E-state index is -4.50. The van der Waals surface area contributed by atoms with Gasteiger partial charge in [0.2, 0.25) is 0 Å². The zero-order valence-electron chi connectivity index (χ0n) is 15.5. The summed E-state index contributed by atoms with van der Waals surface area (Å²) in [5.74, 6) is 0.600. The van der Waals surface area contributed by atoms with Crippen molar-refractivity contribution in [2.45, 2.75) is 32.4 Å². The Labute approximate surface area is 152 Å². The average molecular weight is 366 g/mol. The number of hydrogen-bond acceptors (Lipinski definition) is 4. The first-order chi connectivity index (χ1) is 12.2. The van der Waals surface area contributed by atoms with E-state index < -0.39 is 11.7 Å². The minimum absolute atomic E-state index is 0.0322. The van der Waals surface area contributed by atoms with E-state index in [-0.39, 0.29) is 17.2 Å². The number of allylic oxidation sites excluding steroid dienone is 2. The van der Waals surface area contributed by atoms with Gasteiger partial charge < -0.3 is 10.2 Å². The van der Waals surface area contributed by atoms with Gasteiger partial charge >= 0.3 is 6.18 Å². The Morgan fingerprint density at radius 1 is 1.38 bits per heavy atom. The quantitative estimate of drug-likeness (QED) is 0.428. The molecule has 0 aromatic carbocycles. The van der Waals surface area contributed by atoms with Crippen molar-refractivity contribution in [3.05, 3.63) is 47.1 Å². The summed E-state index contributed by atoms with van der Waals surface area (Å²) in [5, 5.41) is 3.04. The van der Waals surface area contributed by atoms with Gasteiger partial charge in [0.25, 0.3) is 0 Å². The fraction of sp³-hybridized carbons (Fsp3) is 0.474. The van der Waals surface area contributed by atoms with Crippen LogP contribution in [0.3, 0.4) is 0 Å². The van der Waals surface area contributed by atoms with E-state index >= 15 is 0 Å². The average Bonchev–Trinajstić information content (AvgIpc) is 3.43. The van der Waals surface area contributed by atoms with Crippen molar-refractivity contribution in [3.63, 3.8) is 0 Å². The van der Waals surface area contributed by atoms with E-state index in [4.69, 9.17) is 0 Å². The molecule has 0 bridgehead atoms. The zero-order valence-corrected chi connectivity index (χ0v) is 15.5. The molecular weight excluding hydrogens is 341 g/mol. The molecule has 1 atom stereocenters. The molecule has 0 aliphatic carbocycles. The minimum Gasteiger partial charge on any atom is -0.353 e. The Kier molecular flexibility index (Phi) is 6.23. The van der Waals surface area contributed by atoms with Gasteiger partial charge in [-0.25, -0.2) is 4.99 Å². The van der Waals surface area contributed by atoms with E-state index in [2.05, 4.69) is 28.6 Å². The predicted octanol–water partition coefficient (Wildman–Crippen LogP) is 4.07. The summed E-state index contributed by atoms with van der Waals surface area (Å²) in [6.07, 6.45) is -3.72. The Balaban J connectivity index is 2.49. The van der Waals surface area contributed by atoms with E-state index in [1.807, 2.05) is 18.9 Å². The predicted molar refractivity (Wildman–Crippen MR) is 99.1 cm³/mol. The third kappa shape index (κ3) is 4.52. The van der Waals surface area contributed by atoms with Crippen molar-refractivity contribution in [2.75, 3.05) is 26.7 Å². The number of hydrogen-bond donors (Lipinski definition) is 1. The highest BCUT2D eigenvalue weighted by molar-refractivity contribution is 5.77. The molecule has 26 heavy (non-hydrogen) atoms. The van der Waals surface area contributed by atoms with Crippen LogP contribution in [0.1, 0.15) is 43.1 Å². The van der Waals surface area contributed by atoms with Crippen molar-refractivity contribution in [1.29, 1.82) is 0 Å². The highest BCUT2D eigenvalue weighted by atomic mass is 19.4. The van der Waals surface area contributed by atoms with Crippen molar-refractivity contribution >= 4 is 12.3 Å². The molecule has 0 spiro atoms. The van der Waals surface area contributed by atoms with Gasteiger partial charge in [0.05, 0.1) is 11.3 Å². The highest BCUT2D eigenvalue weighted by Crippen LogP contribution is 2.38. The molecule has 1 aliphatic heterocycles. The van der Waals surface area contributed by atoms with Gasteiger partial charge in [0.15, 0.2) is 0 Å². The molecule has 7 heteroatoms. The van der Waals surface area contributed by atoms with Crippen LogP contribution >= 0.6 is 0 Å². The fourth-order valence-corrected chi connectivity index (χ4v) is 2.75. The summed E-state index contributed by atoms with van der Waals surface area (Å²) in [7, 11) is 1.84. The first-order valence-electron chi connectivity index (χ1n) is 8.55. The van der Waals surface area contributed by atoms with E-state index in [1.54, 1.807) is 6.92 Å². The second-order valence-corrected chi connectivity index (χ2v) is 6.50. The molecule has 0 amide bonds. The molecule has 142 valence electrons. The lowest BCUT2D eigenvalue weighted by atomic mass is 9.97. The molecule has 0 radical (unpaired) electrons. The smallest absolute Gasteiger partial charge is 0.353 e. The number of aromatic nitrogens is 1. The zero-order chi connectivity index (χ0) is 19.5. The summed E-state index contributed by atoms with van der Waals surface area (Å²) in [6, 6.07) is 2.56. The number of rotatable bonds is 8. The van der Waals surface area contributed by atoms with E-state index in [0.29, 0.717) is 17.1 Å². The van der Waals surface area contributed by atoms with Gasteiger partial charge in [0, 0.05) is 29.9 Å². The van der Waals surface area contributed by atoms with Crippen LogP contribution in [-0.4, -0.2) is 43.3 Å². The van der Waals surface area contributed by atoms with Gasteiger partial charge in [-0.1, -0.05) is 13.5 Å². The van der Waals surface area contributed by atoms with Crippen molar-refractivity contribution < 1.29 is 13.2 Å². The normalized spacial score (nSPS) is 16.2. The second-order valence-electron chi connectivity index (χ2n) is 6.50. The summed E-state index contributed by atoms with van der Waals surface area (Å²) in [4.78, 5) is 10.2. The first-order valence-corrected chi connectivity index (χ1v) is 8.55. The first kappa shape index (κ1) is 20.2. The molecule has 4 nitrogen and oxygen atoms in total. The van der Waals surface area contributed by atoms with Crippen molar-refractivity contribution in [1.82, 2.24) is 15.2 Å². The maximum atomic E-state index is 13.5. The van der Waals surface area contributed by atoms with Crippen LogP contribution in [0.25, 0.3) is 5.57 Å². The molecule has 1 fully saturated rings. The van der Waals surface area contributed by atoms with Crippen LogP contribution in [0.2, 0.25) is 0 Å². The molecule has 0 saturated carbocycles. The van der Waals surface area contributed by atoms with Crippen molar-refractivity contribution in [2.24, 2.45) is 4.99 Å². The third-order valence-corrected chi connectivity index (χ3v) is 4.52. The Morgan fingerprint density at radius 3 is 2.54 bits per heavy atom. The van der Waals surface area contributed by atoms with E-state index in [9.17, 15) is 13.2 Å². The maximum absolute atomic E-state index is 13.5. The molecule has 1 unspecified atom stereocenters. The molecule has 2 heterocycles. The molecule has 1 aromatic heterocycles. The summed E-state index contributed by atoms with van der Waals surface area (Å²) in [6.45, 7) is 13.5. The molecule has 1 aliphatic rings. The van der Waals surface area contributed by atoms with Crippen LogP contribution in [0.5, 0.6) is 0 Å². The van der Waals surface area contributed by atoms with Crippen LogP contribution in [0.4, 0.5) is 13.2 Å². The maximum Gasteiger partial charge on any atom is 0.418 e. The lowest BCUT2D eigenvalue weighted by Gasteiger charge is -2.19. The van der Waals surface area contributed by atoms with Crippen molar-refractivity contribution in [3.8, 4) is 0 Å². The number of pyridine rings is 1. The molecule has 2 rings (SSSR count). The van der Waals surface area contributed by atoms with Crippen LogP contribution in [0, 0.1) is 0 Å². The number of halogens is 3. The van der Waals surface area contributed by atoms with E-state index in [0.717, 1.165) is 32.1 Å². The van der Waals surface area contributed by atoms with Gasteiger partial charge in [0.1, 0.15) is 5.82 Å². The molecule has 1 N–H and O–H groups in total. The van der Waals surface area contributed by atoms with Gasteiger partial charge in [-0.05, 0) is 51.7 Å². The van der Waals surface area contributed by atoms with Crippen LogP contribution in [-0.2, 0) is 6.18 Å². The molecular formula is C19H25F3N4. The summed E-state index contributed by atoms with van der Waals surface area (Å²) >= 11 is 0. The van der Waals surface area contributed by atoms with Crippen LogP contribution in [0.15, 0.2) is 35.1 Å². The Hall–Kier alpha value is -2.15. The standard InChI is InChI=1S/C19H25F3N4/c1-12(8-9-23-4)16-7-6-15(19(20,21)22)17(25-16)13(2)14(3)18(24-5)26-10-11-26/h6-7,12,23H,2,5,8-11H2,1,3-4H3/b18-14-. The fourth-order valence-electron chi connectivity index (χ4n) is 2.75. The SMILES string of the molecule is C=N/C(=C(\C)C(=C)c1nc(C(C)CCNC)ccc1C(F)(F)F)N1CC1. The van der Waals surface area contributed by atoms with Gasteiger partial charge in [-0.15, -0.1) is 0 Å². The lowest BCUT2D eigenvalue weighted by Crippen LogP contribution is -2.15. The highest BCUT2D eigenvalue weighted by Gasteiger charge is 2.36. The summed E-state index contributed by atoms with van der Waals surface area (Å²) in [5.41, 5.74) is 0.509. The van der Waals surface area contributed by atoms with E-state index in [1.165, 1.54) is 6.07 Å². The third-order valence-electron chi connectivity index (χ3n) is 4.52. The Bertz CT molecular complexity index is 718. The molecule has 1 saturated heterocycles. The number of nitrogens with zero attached hydrogens (tertiary/aromatic N) is 3. The second kappa shape index (κ2) is 8.03.